The van der Waals surface area contributed by atoms with Crippen LogP contribution in [0.1, 0.15) is 74.3 Å². The summed E-state index contributed by atoms with van der Waals surface area (Å²) in [5.41, 5.74) is 4.93. The highest BCUT2D eigenvalue weighted by Crippen LogP contribution is 2.37. The zero-order chi connectivity index (χ0) is 20.8. The minimum absolute atomic E-state index is 0.0620. The maximum Gasteiger partial charge on any atom is 0.220 e. The Balaban J connectivity index is 1.62. The van der Waals surface area contributed by atoms with E-state index in [4.69, 9.17) is 9.51 Å². The molecule has 1 aliphatic heterocycles. The van der Waals surface area contributed by atoms with Crippen LogP contribution in [-0.4, -0.2) is 31.8 Å². The second kappa shape index (κ2) is 7.54. The first kappa shape index (κ1) is 19.3. The van der Waals surface area contributed by atoms with E-state index in [1.54, 1.807) is 0 Å². The van der Waals surface area contributed by atoms with Crippen molar-refractivity contribution < 1.29 is 14.4 Å². The quantitative estimate of drug-likeness (QED) is 0.680. The van der Waals surface area contributed by atoms with Gasteiger partial charge in [-0.25, -0.2) is 4.98 Å². The van der Waals surface area contributed by atoms with E-state index in [0.717, 1.165) is 78.0 Å². The lowest BCUT2D eigenvalue weighted by molar-refractivity contribution is -0.123. The van der Waals surface area contributed by atoms with Crippen LogP contribution in [-0.2, 0) is 4.79 Å². The van der Waals surface area contributed by atoms with Gasteiger partial charge < -0.3 is 19.5 Å². The fourth-order valence-electron chi connectivity index (χ4n) is 5.11. The van der Waals surface area contributed by atoms with Crippen molar-refractivity contribution in [2.75, 3.05) is 0 Å². The number of carbonyl (C=O) groups excluding carboxylic acids is 1. The van der Waals surface area contributed by atoms with E-state index in [-0.39, 0.29) is 24.1 Å². The summed E-state index contributed by atoms with van der Waals surface area (Å²) in [4.78, 5) is 17.1. The van der Waals surface area contributed by atoms with Gasteiger partial charge >= 0.3 is 0 Å². The molecule has 0 bridgehead atoms. The molecule has 1 amide bonds. The summed E-state index contributed by atoms with van der Waals surface area (Å²) in [7, 11) is 0. The van der Waals surface area contributed by atoms with Gasteiger partial charge in [-0.15, -0.1) is 0 Å². The van der Waals surface area contributed by atoms with Gasteiger partial charge in [-0.05, 0) is 70.1 Å². The summed E-state index contributed by atoms with van der Waals surface area (Å²) in [6.45, 7) is 3.87. The highest BCUT2D eigenvalue weighted by atomic mass is 16.5. The maximum absolute atomic E-state index is 12.1. The number of hydrogen-bond donors (Lipinski definition) is 2. The summed E-state index contributed by atoms with van der Waals surface area (Å²) in [6.07, 6.45) is 5.62. The molecule has 1 unspecified atom stereocenters. The van der Waals surface area contributed by atoms with Crippen molar-refractivity contribution in [2.45, 2.75) is 77.0 Å². The van der Waals surface area contributed by atoms with Crippen molar-refractivity contribution in [2.24, 2.45) is 0 Å². The fraction of sp³-hybridized carbons (Fsp3) is 0.522. The molecule has 1 saturated carbocycles. The van der Waals surface area contributed by atoms with Crippen LogP contribution < -0.4 is 5.32 Å². The molecule has 1 aromatic carbocycles. The fourth-order valence-corrected chi connectivity index (χ4v) is 5.11. The first-order valence-corrected chi connectivity index (χ1v) is 10.9. The molecule has 5 rings (SSSR count). The predicted octanol–water partition coefficient (Wildman–Crippen LogP) is 4.13. The molecular formula is C23H28N4O3. The molecule has 1 aliphatic carbocycles. The van der Waals surface area contributed by atoms with Gasteiger partial charge in [0.15, 0.2) is 0 Å². The number of carbonyl (C=O) groups is 1. The van der Waals surface area contributed by atoms with Crippen LogP contribution in [0.5, 0.6) is 0 Å². The Morgan fingerprint density at radius 1 is 1.17 bits per heavy atom. The molecule has 1 atom stereocenters. The number of nitrogens with zero attached hydrogens (tertiary/aromatic N) is 3. The van der Waals surface area contributed by atoms with Gasteiger partial charge in [0.25, 0.3) is 0 Å². The van der Waals surface area contributed by atoms with Crippen LogP contribution in [0.15, 0.2) is 22.7 Å². The highest BCUT2D eigenvalue weighted by molar-refractivity contribution is 5.84. The van der Waals surface area contributed by atoms with Crippen molar-refractivity contribution in [1.29, 1.82) is 0 Å². The molecule has 0 radical (unpaired) electrons. The number of aromatic nitrogens is 3. The molecular weight excluding hydrogens is 380 g/mol. The summed E-state index contributed by atoms with van der Waals surface area (Å²) in [6, 6.07) is 6.56. The van der Waals surface area contributed by atoms with Gasteiger partial charge in [0.1, 0.15) is 11.6 Å². The van der Waals surface area contributed by atoms with E-state index in [2.05, 4.69) is 33.2 Å². The molecule has 2 aliphatic rings. The van der Waals surface area contributed by atoms with Crippen molar-refractivity contribution in [1.82, 2.24) is 20.0 Å². The Hall–Kier alpha value is -2.67. The standard InChI is InChI=1S/C23H28N4O3/c1-13-22(14(2)30-26-13)15-6-11-20-19(12-15)25-23(18-4-3-5-21(29)24-18)27(20)16-7-9-17(28)10-8-16/h6,11-12,16-18,28H,3-5,7-10H2,1-2H3,(H,24,29). The van der Waals surface area contributed by atoms with E-state index in [0.29, 0.717) is 6.42 Å². The molecule has 2 aromatic heterocycles. The molecule has 7 heteroatoms. The maximum atomic E-state index is 12.1. The first-order chi connectivity index (χ1) is 14.5. The molecule has 158 valence electrons. The number of imidazole rings is 1. The number of piperidine rings is 1. The molecule has 3 heterocycles. The van der Waals surface area contributed by atoms with Crippen molar-refractivity contribution >= 4 is 16.9 Å². The monoisotopic (exact) mass is 408 g/mol. The topological polar surface area (TPSA) is 93.2 Å². The largest absolute Gasteiger partial charge is 0.393 e. The predicted molar refractivity (Wildman–Crippen MR) is 113 cm³/mol. The Labute approximate surface area is 175 Å². The van der Waals surface area contributed by atoms with Gasteiger partial charge in [0.05, 0.1) is 28.9 Å². The van der Waals surface area contributed by atoms with Crippen LogP contribution in [0.25, 0.3) is 22.2 Å². The molecule has 1 saturated heterocycles. The van der Waals surface area contributed by atoms with Crippen LogP contribution in [0, 0.1) is 13.8 Å². The van der Waals surface area contributed by atoms with Crippen molar-refractivity contribution in [3.63, 3.8) is 0 Å². The van der Waals surface area contributed by atoms with Crippen LogP contribution >= 0.6 is 0 Å². The molecule has 2 N–H and O–H groups in total. The highest BCUT2D eigenvalue weighted by Gasteiger charge is 2.30. The average Bonchev–Trinajstić information content (AvgIpc) is 3.28. The van der Waals surface area contributed by atoms with Crippen LogP contribution in [0.2, 0.25) is 0 Å². The van der Waals surface area contributed by atoms with E-state index < -0.39 is 0 Å². The van der Waals surface area contributed by atoms with Gasteiger partial charge in [-0.2, -0.15) is 0 Å². The molecule has 30 heavy (non-hydrogen) atoms. The number of rotatable bonds is 3. The lowest BCUT2D eigenvalue weighted by atomic mass is 9.92. The summed E-state index contributed by atoms with van der Waals surface area (Å²) in [5.74, 6) is 1.84. The number of aryl methyl sites for hydroxylation is 2. The zero-order valence-electron chi connectivity index (χ0n) is 17.5. The zero-order valence-corrected chi connectivity index (χ0v) is 17.5. The number of hydrogen-bond acceptors (Lipinski definition) is 5. The number of amides is 1. The minimum Gasteiger partial charge on any atom is -0.393 e. The summed E-state index contributed by atoms with van der Waals surface area (Å²) in [5, 5.41) is 17.2. The van der Waals surface area contributed by atoms with Crippen molar-refractivity contribution in [3.8, 4) is 11.1 Å². The van der Waals surface area contributed by atoms with Gasteiger partial charge in [0.2, 0.25) is 5.91 Å². The number of aliphatic hydroxyl groups excluding tert-OH is 1. The lowest BCUT2D eigenvalue weighted by Gasteiger charge is -2.31. The molecule has 2 fully saturated rings. The Morgan fingerprint density at radius 3 is 2.67 bits per heavy atom. The van der Waals surface area contributed by atoms with E-state index >= 15 is 0 Å². The third-order valence-electron chi connectivity index (χ3n) is 6.61. The van der Waals surface area contributed by atoms with E-state index in [1.165, 1.54) is 0 Å². The molecule has 3 aromatic rings. The number of aliphatic hydroxyl groups is 1. The van der Waals surface area contributed by atoms with E-state index in [1.807, 2.05) is 13.8 Å². The number of fused-ring (bicyclic) bond motifs is 1. The second-order valence-electron chi connectivity index (χ2n) is 8.72. The van der Waals surface area contributed by atoms with Crippen LogP contribution in [0.3, 0.4) is 0 Å². The second-order valence-corrected chi connectivity index (χ2v) is 8.72. The van der Waals surface area contributed by atoms with Gasteiger partial charge in [-0.1, -0.05) is 11.2 Å². The average molecular weight is 409 g/mol. The van der Waals surface area contributed by atoms with E-state index in [9.17, 15) is 9.90 Å². The third kappa shape index (κ3) is 3.31. The number of benzene rings is 1. The lowest BCUT2D eigenvalue weighted by Crippen LogP contribution is -2.35. The van der Waals surface area contributed by atoms with Gasteiger partial charge in [0, 0.05) is 18.0 Å². The Bertz CT molecular complexity index is 1070. The number of nitrogens with one attached hydrogen (secondary N) is 1. The minimum atomic E-state index is -0.208. The first-order valence-electron chi connectivity index (χ1n) is 10.9. The van der Waals surface area contributed by atoms with Crippen molar-refractivity contribution in [3.05, 3.63) is 35.5 Å². The summed E-state index contributed by atoms with van der Waals surface area (Å²) >= 11 is 0. The smallest absolute Gasteiger partial charge is 0.220 e. The van der Waals surface area contributed by atoms with Crippen LogP contribution in [0.4, 0.5) is 0 Å². The Morgan fingerprint density at radius 2 is 1.97 bits per heavy atom. The third-order valence-corrected chi connectivity index (χ3v) is 6.61. The van der Waals surface area contributed by atoms with Gasteiger partial charge in [-0.3, -0.25) is 4.79 Å². The molecule has 0 spiro atoms. The summed E-state index contributed by atoms with van der Waals surface area (Å²) < 4.78 is 7.68. The SMILES string of the molecule is Cc1noc(C)c1-c1ccc2c(c1)nc(C1CCCC(=O)N1)n2C1CCC(O)CC1. The normalized spacial score (nSPS) is 24.9. The Kier molecular flexibility index (Phi) is 4.85. The molecule has 7 nitrogen and oxygen atoms in total.